The molecule has 0 radical (unpaired) electrons. The number of hydrogen-bond donors (Lipinski definition) is 2. The highest BCUT2D eigenvalue weighted by Gasteiger charge is 2.26. The van der Waals surface area contributed by atoms with Gasteiger partial charge in [0.2, 0.25) is 0 Å². The molecule has 28 heavy (non-hydrogen) atoms. The molecule has 1 aromatic heterocycles. The van der Waals surface area contributed by atoms with Crippen molar-refractivity contribution in [2.45, 2.75) is 12.8 Å². The number of amides is 2. The van der Waals surface area contributed by atoms with Crippen molar-refractivity contribution in [3.05, 3.63) is 36.2 Å². The zero-order chi connectivity index (χ0) is 20.1. The lowest BCUT2D eigenvalue weighted by molar-refractivity contribution is -0.142. The third kappa shape index (κ3) is 4.66. The number of carboxylic acid groups (broad SMARTS) is 1. The quantitative estimate of drug-likeness (QED) is 0.753. The van der Waals surface area contributed by atoms with Crippen LogP contribution >= 0.6 is 11.8 Å². The smallest absolute Gasteiger partial charge is 0.306 e. The number of piperidine rings is 1. The predicted molar refractivity (Wildman–Crippen MR) is 108 cm³/mol. The van der Waals surface area contributed by atoms with E-state index >= 15 is 0 Å². The first kappa shape index (κ1) is 19.8. The largest absolute Gasteiger partial charge is 0.481 e. The summed E-state index contributed by atoms with van der Waals surface area (Å²) >= 11 is 0.933. The summed E-state index contributed by atoms with van der Waals surface area (Å²) in [7, 11) is 0. The Morgan fingerprint density at radius 2 is 2.00 bits per heavy atom. The Kier molecular flexibility index (Phi) is 6.25. The number of nitrogens with zero attached hydrogens (tertiary/aromatic N) is 3. The van der Waals surface area contributed by atoms with Crippen LogP contribution in [0, 0.1) is 5.92 Å². The number of aromatic nitrogens is 2. The first-order valence-electron chi connectivity index (χ1n) is 8.77. The van der Waals surface area contributed by atoms with Gasteiger partial charge < -0.3 is 10.0 Å². The number of nitrogens with one attached hydrogen (secondary N) is 1. The third-order valence-electron chi connectivity index (χ3n) is 4.62. The van der Waals surface area contributed by atoms with E-state index in [0.717, 1.165) is 34.0 Å². The molecule has 9 heteroatoms. The molecule has 0 unspecified atom stereocenters. The van der Waals surface area contributed by atoms with Crippen molar-refractivity contribution in [3.63, 3.8) is 0 Å². The first-order chi connectivity index (χ1) is 13.5. The van der Waals surface area contributed by atoms with Gasteiger partial charge in [-0.05, 0) is 42.9 Å². The van der Waals surface area contributed by atoms with Gasteiger partial charge in [-0.25, -0.2) is 9.97 Å². The number of anilines is 1. The maximum absolute atomic E-state index is 11.7. The molecule has 1 fully saturated rings. The summed E-state index contributed by atoms with van der Waals surface area (Å²) in [6, 6.07) is 5.55. The molecule has 0 saturated carbocycles. The molecule has 2 amide bonds. The topological polar surface area (TPSA) is 112 Å². The lowest BCUT2D eigenvalue weighted by Gasteiger charge is -2.31. The van der Waals surface area contributed by atoms with E-state index in [0.29, 0.717) is 25.9 Å². The third-order valence-corrected chi connectivity index (χ3v) is 5.09. The number of carbonyl (C=O) groups is 3. The van der Waals surface area contributed by atoms with Crippen molar-refractivity contribution in [2.24, 2.45) is 5.92 Å². The van der Waals surface area contributed by atoms with Gasteiger partial charge in [0.1, 0.15) is 12.1 Å². The molecule has 1 aliphatic heterocycles. The second-order valence-corrected chi connectivity index (χ2v) is 7.17. The zero-order valence-corrected chi connectivity index (χ0v) is 16.1. The molecule has 0 atom stereocenters. The standard InChI is InChI=1S/C19H20N4O4S/c1-28-19(27)22-16(24)5-3-12-2-4-15-14(10-12)17(21-11-20-15)23-8-6-13(7-9-23)18(25)26/h2-5,10-11,13H,6-9H2,1H3,(H,25,26)(H,22,24,27)/b5-3+. The average molecular weight is 400 g/mol. The molecule has 8 nitrogen and oxygen atoms in total. The van der Waals surface area contributed by atoms with Crippen molar-refractivity contribution in [1.82, 2.24) is 15.3 Å². The van der Waals surface area contributed by atoms with E-state index in [-0.39, 0.29) is 5.92 Å². The first-order valence-corrected chi connectivity index (χ1v) is 10.00. The highest BCUT2D eigenvalue weighted by Crippen LogP contribution is 2.28. The van der Waals surface area contributed by atoms with Crippen LogP contribution in [0.25, 0.3) is 17.0 Å². The molecule has 1 aliphatic rings. The second-order valence-electron chi connectivity index (χ2n) is 6.39. The van der Waals surface area contributed by atoms with Crippen molar-refractivity contribution < 1.29 is 19.5 Å². The van der Waals surface area contributed by atoms with Crippen molar-refractivity contribution in [1.29, 1.82) is 0 Å². The van der Waals surface area contributed by atoms with Crippen LogP contribution in [0.1, 0.15) is 18.4 Å². The Morgan fingerprint density at radius 3 is 2.68 bits per heavy atom. The van der Waals surface area contributed by atoms with Crippen LogP contribution in [0.4, 0.5) is 10.6 Å². The van der Waals surface area contributed by atoms with E-state index < -0.39 is 17.1 Å². The van der Waals surface area contributed by atoms with E-state index in [2.05, 4.69) is 20.2 Å². The number of carboxylic acids is 1. The number of hydrogen-bond acceptors (Lipinski definition) is 7. The summed E-state index contributed by atoms with van der Waals surface area (Å²) in [6.07, 6.45) is 7.16. The Balaban J connectivity index is 1.81. The normalized spacial score (nSPS) is 15.1. The van der Waals surface area contributed by atoms with Crippen molar-refractivity contribution >= 4 is 51.7 Å². The Labute approximate surface area is 166 Å². The SMILES string of the molecule is CSC(=O)NC(=O)/C=C/c1ccc2ncnc(N3CCC(C(=O)O)CC3)c2c1. The van der Waals surface area contributed by atoms with Gasteiger partial charge in [-0.15, -0.1) is 0 Å². The molecule has 2 aromatic rings. The Hall–Kier alpha value is -2.94. The van der Waals surface area contributed by atoms with Crippen LogP contribution in [0.15, 0.2) is 30.6 Å². The van der Waals surface area contributed by atoms with Crippen LogP contribution in [0.5, 0.6) is 0 Å². The van der Waals surface area contributed by atoms with E-state index in [1.165, 1.54) is 12.4 Å². The van der Waals surface area contributed by atoms with Gasteiger partial charge in [0.25, 0.3) is 11.1 Å². The number of fused-ring (bicyclic) bond motifs is 1. The maximum Gasteiger partial charge on any atom is 0.306 e. The van der Waals surface area contributed by atoms with Gasteiger partial charge in [0.05, 0.1) is 11.4 Å². The molecular formula is C19H20N4O4S. The molecule has 3 rings (SSSR count). The fourth-order valence-corrected chi connectivity index (χ4v) is 3.32. The van der Waals surface area contributed by atoms with E-state index in [1.54, 1.807) is 12.3 Å². The molecular weight excluding hydrogens is 380 g/mol. The summed E-state index contributed by atoms with van der Waals surface area (Å²) < 4.78 is 0. The number of rotatable bonds is 4. The molecule has 2 N–H and O–H groups in total. The van der Waals surface area contributed by atoms with E-state index in [9.17, 15) is 19.5 Å². The summed E-state index contributed by atoms with van der Waals surface area (Å²) in [6.45, 7) is 1.23. The zero-order valence-electron chi connectivity index (χ0n) is 15.3. The fourth-order valence-electron chi connectivity index (χ4n) is 3.12. The molecule has 0 bridgehead atoms. The Morgan fingerprint density at radius 1 is 1.25 bits per heavy atom. The molecule has 0 spiro atoms. The van der Waals surface area contributed by atoms with Gasteiger partial charge in [0, 0.05) is 24.6 Å². The van der Waals surface area contributed by atoms with Crippen LogP contribution in [-0.4, -0.2) is 51.5 Å². The minimum atomic E-state index is -0.752. The summed E-state index contributed by atoms with van der Waals surface area (Å²) in [5.74, 6) is -0.797. The van der Waals surface area contributed by atoms with Gasteiger partial charge in [-0.1, -0.05) is 17.8 Å². The number of carbonyl (C=O) groups excluding carboxylic acids is 2. The van der Waals surface area contributed by atoms with Crippen LogP contribution in [0.3, 0.4) is 0 Å². The number of aliphatic carboxylic acids is 1. The summed E-state index contributed by atoms with van der Waals surface area (Å²) in [5, 5.41) is 11.8. The fraction of sp³-hybridized carbons (Fsp3) is 0.316. The van der Waals surface area contributed by atoms with Crippen molar-refractivity contribution in [3.8, 4) is 0 Å². The number of imide groups is 1. The van der Waals surface area contributed by atoms with Gasteiger partial charge in [0.15, 0.2) is 0 Å². The maximum atomic E-state index is 11.7. The average Bonchev–Trinajstić information content (AvgIpc) is 2.71. The molecule has 1 saturated heterocycles. The highest BCUT2D eigenvalue weighted by atomic mass is 32.2. The van der Waals surface area contributed by atoms with Gasteiger partial charge in [-0.2, -0.15) is 0 Å². The highest BCUT2D eigenvalue weighted by molar-refractivity contribution is 8.13. The summed E-state index contributed by atoms with van der Waals surface area (Å²) in [4.78, 5) is 44.9. The van der Waals surface area contributed by atoms with Gasteiger partial charge >= 0.3 is 5.97 Å². The molecule has 0 aliphatic carbocycles. The minimum Gasteiger partial charge on any atom is -0.481 e. The molecule has 1 aromatic carbocycles. The van der Waals surface area contributed by atoms with Gasteiger partial charge in [-0.3, -0.25) is 19.7 Å². The lowest BCUT2D eigenvalue weighted by Crippen LogP contribution is -2.36. The predicted octanol–water partition coefficient (Wildman–Crippen LogP) is 2.54. The van der Waals surface area contributed by atoms with Crippen LogP contribution in [-0.2, 0) is 9.59 Å². The monoisotopic (exact) mass is 400 g/mol. The van der Waals surface area contributed by atoms with E-state index in [1.807, 2.05) is 18.2 Å². The number of thioether (sulfide) groups is 1. The van der Waals surface area contributed by atoms with E-state index in [4.69, 9.17) is 0 Å². The lowest BCUT2D eigenvalue weighted by atomic mass is 9.97. The molecule has 146 valence electrons. The van der Waals surface area contributed by atoms with Crippen LogP contribution < -0.4 is 10.2 Å². The summed E-state index contributed by atoms with van der Waals surface area (Å²) in [5.41, 5.74) is 1.54. The molecule has 2 heterocycles. The minimum absolute atomic E-state index is 0.314. The Bertz CT molecular complexity index is 939. The second kappa shape index (κ2) is 8.83. The van der Waals surface area contributed by atoms with Crippen LogP contribution in [0.2, 0.25) is 0 Å². The van der Waals surface area contributed by atoms with Crippen molar-refractivity contribution in [2.75, 3.05) is 24.2 Å². The number of benzene rings is 1.